The second kappa shape index (κ2) is 39.5. The molecule has 1 rings (SSSR count). The van der Waals surface area contributed by atoms with Crippen LogP contribution in [0.2, 0.25) is 0 Å². The van der Waals surface area contributed by atoms with Gasteiger partial charge in [0.15, 0.2) is 12.4 Å². The summed E-state index contributed by atoms with van der Waals surface area (Å²) in [6.07, 6.45) is 40.9. The summed E-state index contributed by atoms with van der Waals surface area (Å²) in [5.41, 5.74) is 0. The van der Waals surface area contributed by atoms with E-state index in [1.807, 2.05) is 0 Å². The highest BCUT2D eigenvalue weighted by molar-refractivity contribution is 5.70. The first-order valence-electron chi connectivity index (χ1n) is 23.4. The summed E-state index contributed by atoms with van der Waals surface area (Å²) in [7, 11) is 0. The van der Waals surface area contributed by atoms with Crippen LogP contribution in [0.3, 0.4) is 0 Å². The van der Waals surface area contributed by atoms with Crippen LogP contribution in [0, 0.1) is 0 Å². The van der Waals surface area contributed by atoms with E-state index in [0.717, 1.165) is 64.2 Å². The minimum Gasteiger partial charge on any atom is -0.462 e. The Morgan fingerprint density at radius 3 is 1.51 bits per heavy atom. The molecule has 10 nitrogen and oxygen atoms in total. The molecule has 1 aliphatic rings. The van der Waals surface area contributed by atoms with Crippen LogP contribution in [-0.2, 0) is 28.5 Å². The summed E-state index contributed by atoms with van der Waals surface area (Å²) in [5.74, 6) is -0.885. The molecular weight excluding hydrogens is 749 g/mol. The minimum atomic E-state index is -1.61. The van der Waals surface area contributed by atoms with Crippen molar-refractivity contribution in [2.45, 2.75) is 218 Å². The first-order valence-corrected chi connectivity index (χ1v) is 23.4. The van der Waals surface area contributed by atoms with Crippen molar-refractivity contribution in [3.8, 4) is 0 Å². The number of aliphatic hydroxyl groups is 4. The van der Waals surface area contributed by atoms with Crippen LogP contribution in [0.5, 0.6) is 0 Å². The van der Waals surface area contributed by atoms with Crippen molar-refractivity contribution in [3.63, 3.8) is 0 Å². The van der Waals surface area contributed by atoms with Crippen LogP contribution in [0.25, 0.3) is 0 Å². The van der Waals surface area contributed by atoms with Crippen LogP contribution in [0.15, 0.2) is 60.8 Å². The molecule has 0 bridgehead atoms. The van der Waals surface area contributed by atoms with Gasteiger partial charge in [-0.2, -0.15) is 0 Å². The van der Waals surface area contributed by atoms with E-state index in [1.54, 1.807) is 0 Å². The number of hydrogen-bond acceptors (Lipinski definition) is 10. The number of carbonyl (C=O) groups is 2. The average Bonchev–Trinajstić information content (AvgIpc) is 3.23. The second-order valence-corrected chi connectivity index (χ2v) is 15.8. The number of hydrogen-bond donors (Lipinski definition) is 4. The maximum atomic E-state index is 12.7. The lowest BCUT2D eigenvalue weighted by molar-refractivity contribution is -0.305. The topological polar surface area (TPSA) is 152 Å². The maximum Gasteiger partial charge on any atom is 0.306 e. The first-order chi connectivity index (χ1) is 28.8. The Bertz CT molecular complexity index is 1150. The Hall–Kier alpha value is -2.60. The minimum absolute atomic E-state index is 0.196. The molecule has 0 amide bonds. The lowest BCUT2D eigenvalue weighted by atomic mass is 9.99. The monoisotopic (exact) mass is 833 g/mol. The summed E-state index contributed by atoms with van der Waals surface area (Å²) in [5, 5.41) is 40.1. The highest BCUT2D eigenvalue weighted by atomic mass is 16.7. The molecule has 340 valence electrons. The van der Waals surface area contributed by atoms with Crippen molar-refractivity contribution in [2.24, 2.45) is 0 Å². The van der Waals surface area contributed by atoms with Crippen molar-refractivity contribution in [3.05, 3.63) is 60.8 Å². The Balaban J connectivity index is 2.35. The molecule has 0 spiro atoms. The van der Waals surface area contributed by atoms with Crippen molar-refractivity contribution in [1.82, 2.24) is 0 Å². The summed E-state index contributed by atoms with van der Waals surface area (Å²) >= 11 is 0. The fraction of sp³-hybridized carbons (Fsp3) is 0.755. The fourth-order valence-corrected chi connectivity index (χ4v) is 6.65. The lowest BCUT2D eigenvalue weighted by Crippen LogP contribution is -2.59. The number of carbonyl (C=O) groups excluding carboxylic acids is 2. The Morgan fingerprint density at radius 1 is 0.525 bits per heavy atom. The van der Waals surface area contributed by atoms with Crippen LogP contribution < -0.4 is 0 Å². The van der Waals surface area contributed by atoms with Gasteiger partial charge in [0.25, 0.3) is 0 Å². The molecule has 6 atom stereocenters. The van der Waals surface area contributed by atoms with Crippen LogP contribution in [0.4, 0.5) is 0 Å². The van der Waals surface area contributed by atoms with E-state index in [0.29, 0.717) is 12.8 Å². The number of unbranched alkanes of at least 4 members (excludes halogenated alkanes) is 17. The molecule has 0 saturated carbocycles. The van der Waals surface area contributed by atoms with Crippen LogP contribution >= 0.6 is 0 Å². The molecule has 1 aliphatic heterocycles. The zero-order chi connectivity index (χ0) is 43.0. The normalized spacial score (nSPS) is 20.5. The van der Waals surface area contributed by atoms with Gasteiger partial charge in [-0.1, -0.05) is 152 Å². The molecule has 0 aromatic heterocycles. The Kier molecular flexibility index (Phi) is 36.5. The SMILES string of the molecule is CCCCCC/C=C/CCCCCCCC(=O)O[C@@H](COC(=O)CCC/C=C/C/C=C/C/C=C/C/C=C/CCCCCCCCC)CO[C@H]1O[C@@H](CO)[C@@H](O)C(O)C1O. The molecule has 0 radical (unpaired) electrons. The van der Waals surface area contributed by atoms with Gasteiger partial charge in [0, 0.05) is 12.8 Å². The number of aliphatic hydroxyl groups excluding tert-OH is 4. The van der Waals surface area contributed by atoms with Crippen LogP contribution in [0.1, 0.15) is 181 Å². The summed E-state index contributed by atoms with van der Waals surface area (Å²) in [4.78, 5) is 25.3. The number of allylic oxidation sites excluding steroid dienone is 10. The van der Waals surface area contributed by atoms with Gasteiger partial charge in [-0.25, -0.2) is 0 Å². The largest absolute Gasteiger partial charge is 0.462 e. The molecule has 4 N–H and O–H groups in total. The van der Waals surface area contributed by atoms with E-state index in [1.165, 1.54) is 77.0 Å². The number of ether oxygens (including phenoxy) is 4. The molecule has 2 unspecified atom stereocenters. The van der Waals surface area contributed by atoms with E-state index >= 15 is 0 Å². The smallest absolute Gasteiger partial charge is 0.306 e. The highest BCUT2D eigenvalue weighted by Crippen LogP contribution is 2.22. The zero-order valence-electron chi connectivity index (χ0n) is 37.0. The highest BCUT2D eigenvalue weighted by Gasteiger charge is 2.44. The molecule has 10 heteroatoms. The van der Waals surface area contributed by atoms with Gasteiger partial charge < -0.3 is 39.4 Å². The Morgan fingerprint density at radius 2 is 0.966 bits per heavy atom. The van der Waals surface area contributed by atoms with E-state index < -0.39 is 55.4 Å². The molecule has 59 heavy (non-hydrogen) atoms. The fourth-order valence-electron chi connectivity index (χ4n) is 6.65. The molecular formula is C49H84O10. The third-order valence-electron chi connectivity index (χ3n) is 10.4. The van der Waals surface area contributed by atoms with E-state index in [-0.39, 0.29) is 26.1 Å². The van der Waals surface area contributed by atoms with Gasteiger partial charge >= 0.3 is 11.9 Å². The number of esters is 2. The molecule has 0 aromatic carbocycles. The third-order valence-corrected chi connectivity index (χ3v) is 10.4. The molecule has 0 aromatic rings. The van der Waals surface area contributed by atoms with Crippen molar-refractivity contribution < 1.29 is 49.0 Å². The predicted octanol–water partition coefficient (Wildman–Crippen LogP) is 10.2. The number of rotatable bonds is 38. The summed E-state index contributed by atoms with van der Waals surface area (Å²) < 4.78 is 22.1. The average molecular weight is 833 g/mol. The van der Waals surface area contributed by atoms with Gasteiger partial charge in [-0.3, -0.25) is 9.59 Å². The molecule has 1 heterocycles. The van der Waals surface area contributed by atoms with Gasteiger partial charge in [-0.05, 0) is 77.0 Å². The maximum absolute atomic E-state index is 12.7. The Labute approximate surface area is 358 Å². The van der Waals surface area contributed by atoms with Crippen LogP contribution in [-0.4, -0.2) is 89.0 Å². The molecule has 1 fully saturated rings. The third kappa shape index (κ3) is 31.0. The quantitative estimate of drug-likeness (QED) is 0.0269. The van der Waals surface area contributed by atoms with E-state index in [2.05, 4.69) is 74.6 Å². The van der Waals surface area contributed by atoms with Gasteiger partial charge in [-0.15, -0.1) is 0 Å². The van der Waals surface area contributed by atoms with Gasteiger partial charge in [0.1, 0.15) is 31.0 Å². The summed E-state index contributed by atoms with van der Waals surface area (Å²) in [6, 6.07) is 0. The predicted molar refractivity (Wildman–Crippen MR) is 238 cm³/mol. The van der Waals surface area contributed by atoms with Crippen molar-refractivity contribution >= 4 is 11.9 Å². The molecule has 1 saturated heterocycles. The molecule has 0 aliphatic carbocycles. The van der Waals surface area contributed by atoms with E-state index in [9.17, 15) is 30.0 Å². The summed E-state index contributed by atoms with van der Waals surface area (Å²) in [6.45, 7) is 3.33. The first kappa shape index (κ1) is 54.4. The zero-order valence-corrected chi connectivity index (χ0v) is 37.0. The van der Waals surface area contributed by atoms with Gasteiger partial charge in [0.05, 0.1) is 13.2 Å². The van der Waals surface area contributed by atoms with Gasteiger partial charge in [0.2, 0.25) is 0 Å². The van der Waals surface area contributed by atoms with Crippen molar-refractivity contribution in [2.75, 3.05) is 19.8 Å². The lowest BCUT2D eigenvalue weighted by Gasteiger charge is -2.39. The van der Waals surface area contributed by atoms with Crippen molar-refractivity contribution in [1.29, 1.82) is 0 Å². The van der Waals surface area contributed by atoms with E-state index in [4.69, 9.17) is 18.9 Å². The second-order valence-electron chi connectivity index (χ2n) is 15.8. The standard InChI is InChI=1S/C49H84O10/c1-3-5-7-9-11-13-15-17-18-19-20-21-22-23-24-26-27-29-31-33-35-37-44(51)56-40-42(41-57-49-48(55)47(54)46(53)43(39-50)59-49)58-45(52)38-36-34-32-30-28-25-16-14-12-10-8-6-4-2/h14,16,18-19,21-22,24,26,29,31,42-43,46-50,53-55H,3-13,15,17,20,23,25,27-28,30,32-41H2,1-2H3/b16-14+,19-18+,22-21+,26-24+,31-29+/t42-,43-,46+,47?,48?,49-/m0/s1.